The molecule has 1 atom stereocenters. The van der Waals surface area contributed by atoms with E-state index in [0.29, 0.717) is 19.0 Å². The third-order valence-corrected chi connectivity index (χ3v) is 5.65. The van der Waals surface area contributed by atoms with Crippen molar-refractivity contribution in [3.8, 4) is 17.0 Å². The second-order valence-electron chi connectivity index (χ2n) is 7.87. The Morgan fingerprint density at radius 3 is 2.77 bits per heavy atom. The monoisotopic (exact) mass is 411 g/mol. The Morgan fingerprint density at radius 1 is 1.17 bits per heavy atom. The number of nitrogens with zero attached hydrogens (tertiary/aromatic N) is 4. The van der Waals surface area contributed by atoms with Crippen molar-refractivity contribution in [1.29, 1.82) is 0 Å². The van der Waals surface area contributed by atoms with E-state index >= 15 is 0 Å². The molecule has 0 saturated carbocycles. The molecule has 30 heavy (non-hydrogen) atoms. The average molecular weight is 412 g/mol. The highest BCUT2D eigenvalue weighted by Gasteiger charge is 2.20. The summed E-state index contributed by atoms with van der Waals surface area (Å²) in [6.07, 6.45) is 2.05. The molecule has 7 heteroatoms. The molecular weight excluding hydrogens is 378 g/mol. The molecule has 2 heterocycles. The van der Waals surface area contributed by atoms with Gasteiger partial charge in [-0.15, -0.1) is 10.2 Å². The minimum atomic E-state index is 0.180. The summed E-state index contributed by atoms with van der Waals surface area (Å²) in [5, 5.41) is 12.1. The second-order valence-corrected chi connectivity index (χ2v) is 7.87. The number of nitrogens with one attached hydrogen (secondary N) is 1. The van der Waals surface area contributed by atoms with Crippen LogP contribution in [0.15, 0.2) is 36.4 Å². The van der Waals surface area contributed by atoms with Gasteiger partial charge in [-0.25, -0.2) is 0 Å². The summed E-state index contributed by atoms with van der Waals surface area (Å²) in [7, 11) is 1.66. The van der Waals surface area contributed by atoms with Gasteiger partial charge >= 0.3 is 0 Å². The number of hydrogen-bond acceptors (Lipinski definition) is 6. The highest BCUT2D eigenvalue weighted by atomic mass is 16.5. The molecule has 1 aliphatic heterocycles. The van der Waals surface area contributed by atoms with E-state index in [1.54, 1.807) is 7.11 Å². The van der Waals surface area contributed by atoms with E-state index < -0.39 is 0 Å². The molecule has 1 saturated heterocycles. The van der Waals surface area contributed by atoms with Gasteiger partial charge in [-0.05, 0) is 43.1 Å². The quantitative estimate of drug-likeness (QED) is 0.720. The zero-order valence-corrected chi connectivity index (χ0v) is 18.3. The molecular formula is C23H33N5O2. The van der Waals surface area contributed by atoms with Crippen molar-refractivity contribution < 1.29 is 9.53 Å². The number of carbonyl (C=O) groups excluding carboxylic acids is 1. The van der Waals surface area contributed by atoms with Crippen LogP contribution in [-0.4, -0.2) is 67.4 Å². The molecule has 1 aliphatic rings. The number of rotatable bonds is 8. The SMILES string of the molecule is CCC(C)CNCC(=O)N1CCCN(c2ccc(-c3cccc(OC)c3)nn2)CC1. The minimum absolute atomic E-state index is 0.180. The van der Waals surface area contributed by atoms with Crippen LogP contribution in [0.4, 0.5) is 5.82 Å². The zero-order chi connectivity index (χ0) is 21.3. The molecule has 1 aromatic heterocycles. The van der Waals surface area contributed by atoms with Crippen molar-refractivity contribution in [2.75, 3.05) is 51.3 Å². The average Bonchev–Trinajstić information content (AvgIpc) is 3.05. The van der Waals surface area contributed by atoms with Gasteiger partial charge in [-0.3, -0.25) is 4.79 Å². The minimum Gasteiger partial charge on any atom is -0.497 e. The predicted molar refractivity (Wildman–Crippen MR) is 120 cm³/mol. The summed E-state index contributed by atoms with van der Waals surface area (Å²) in [5.74, 6) is 2.43. The van der Waals surface area contributed by atoms with Gasteiger partial charge in [0.2, 0.25) is 5.91 Å². The Morgan fingerprint density at radius 2 is 2.03 bits per heavy atom. The van der Waals surface area contributed by atoms with Crippen LogP contribution in [-0.2, 0) is 4.79 Å². The second kappa shape index (κ2) is 10.9. The molecule has 0 spiro atoms. The largest absolute Gasteiger partial charge is 0.497 e. The number of amides is 1. The maximum atomic E-state index is 12.5. The lowest BCUT2D eigenvalue weighted by Gasteiger charge is -2.23. The van der Waals surface area contributed by atoms with Gasteiger partial charge in [0.15, 0.2) is 5.82 Å². The first-order chi connectivity index (χ1) is 14.6. The summed E-state index contributed by atoms with van der Waals surface area (Å²) in [5.41, 5.74) is 1.79. The van der Waals surface area contributed by atoms with Gasteiger partial charge in [0, 0.05) is 31.7 Å². The van der Waals surface area contributed by atoms with Crippen LogP contribution < -0.4 is 15.0 Å². The first-order valence-electron chi connectivity index (χ1n) is 10.8. The van der Waals surface area contributed by atoms with Crippen molar-refractivity contribution in [2.24, 2.45) is 5.92 Å². The lowest BCUT2D eigenvalue weighted by molar-refractivity contribution is -0.130. The van der Waals surface area contributed by atoms with Crippen LogP contribution in [0.25, 0.3) is 11.3 Å². The van der Waals surface area contributed by atoms with Crippen LogP contribution in [0.5, 0.6) is 5.75 Å². The summed E-state index contributed by atoms with van der Waals surface area (Å²) < 4.78 is 5.29. The van der Waals surface area contributed by atoms with Crippen molar-refractivity contribution in [3.05, 3.63) is 36.4 Å². The van der Waals surface area contributed by atoms with Crippen molar-refractivity contribution in [1.82, 2.24) is 20.4 Å². The highest BCUT2D eigenvalue weighted by Crippen LogP contribution is 2.23. The number of aromatic nitrogens is 2. The van der Waals surface area contributed by atoms with E-state index in [1.165, 1.54) is 0 Å². The van der Waals surface area contributed by atoms with Crippen LogP contribution in [0.3, 0.4) is 0 Å². The van der Waals surface area contributed by atoms with E-state index in [0.717, 1.165) is 61.8 Å². The van der Waals surface area contributed by atoms with Crippen molar-refractivity contribution in [3.63, 3.8) is 0 Å². The Labute approximate surface area is 179 Å². The van der Waals surface area contributed by atoms with E-state index in [9.17, 15) is 4.79 Å². The van der Waals surface area contributed by atoms with Crippen molar-refractivity contribution in [2.45, 2.75) is 26.7 Å². The summed E-state index contributed by atoms with van der Waals surface area (Å²) in [4.78, 5) is 16.7. The summed E-state index contributed by atoms with van der Waals surface area (Å²) >= 11 is 0. The number of anilines is 1. The van der Waals surface area contributed by atoms with E-state index in [1.807, 2.05) is 41.3 Å². The van der Waals surface area contributed by atoms with Crippen LogP contribution in [0.2, 0.25) is 0 Å². The van der Waals surface area contributed by atoms with E-state index in [4.69, 9.17) is 4.74 Å². The normalized spacial score (nSPS) is 15.6. The summed E-state index contributed by atoms with van der Waals surface area (Å²) in [6.45, 7) is 8.81. The number of benzene rings is 1. The Kier molecular flexibility index (Phi) is 8.02. The Balaban J connectivity index is 1.55. The fourth-order valence-corrected chi connectivity index (χ4v) is 3.51. The number of methoxy groups -OCH3 is 1. The first-order valence-corrected chi connectivity index (χ1v) is 10.8. The lowest BCUT2D eigenvalue weighted by atomic mass is 10.1. The molecule has 0 aliphatic carbocycles. The van der Waals surface area contributed by atoms with E-state index in [2.05, 4.69) is 34.3 Å². The molecule has 1 unspecified atom stereocenters. The Hall–Kier alpha value is -2.67. The van der Waals surface area contributed by atoms with E-state index in [-0.39, 0.29) is 5.91 Å². The van der Waals surface area contributed by atoms with Gasteiger partial charge < -0.3 is 19.9 Å². The predicted octanol–water partition coefficient (Wildman–Crippen LogP) is 2.83. The molecule has 1 fully saturated rings. The molecule has 1 amide bonds. The van der Waals surface area contributed by atoms with Crippen LogP contribution in [0, 0.1) is 5.92 Å². The maximum Gasteiger partial charge on any atom is 0.236 e. The third-order valence-electron chi connectivity index (χ3n) is 5.65. The number of hydrogen-bond donors (Lipinski definition) is 1. The standard InChI is InChI=1S/C23H33N5O2/c1-4-18(2)16-24-17-23(29)28-12-6-11-27(13-14-28)22-10-9-21(25-26-22)19-7-5-8-20(15-19)30-3/h5,7-10,15,18,24H,4,6,11-14,16-17H2,1-3H3. The molecule has 3 rings (SSSR count). The Bertz CT molecular complexity index is 811. The van der Waals surface area contributed by atoms with Crippen LogP contribution >= 0.6 is 0 Å². The van der Waals surface area contributed by atoms with Gasteiger partial charge in [-0.2, -0.15) is 0 Å². The van der Waals surface area contributed by atoms with Gasteiger partial charge in [-0.1, -0.05) is 32.4 Å². The molecule has 0 bridgehead atoms. The van der Waals surface area contributed by atoms with Crippen LogP contribution in [0.1, 0.15) is 26.7 Å². The van der Waals surface area contributed by atoms with Gasteiger partial charge in [0.25, 0.3) is 0 Å². The maximum absolute atomic E-state index is 12.5. The van der Waals surface area contributed by atoms with Crippen molar-refractivity contribution >= 4 is 11.7 Å². The molecule has 2 aromatic rings. The summed E-state index contributed by atoms with van der Waals surface area (Å²) in [6, 6.07) is 11.8. The molecule has 162 valence electrons. The third kappa shape index (κ3) is 5.92. The fourth-order valence-electron chi connectivity index (χ4n) is 3.51. The number of carbonyl (C=O) groups is 1. The highest BCUT2D eigenvalue weighted by molar-refractivity contribution is 5.78. The topological polar surface area (TPSA) is 70.6 Å². The number of ether oxygens (including phenoxy) is 1. The molecule has 1 aromatic carbocycles. The lowest BCUT2D eigenvalue weighted by Crippen LogP contribution is -2.41. The first kappa shape index (κ1) is 22.0. The van der Waals surface area contributed by atoms with Gasteiger partial charge in [0.1, 0.15) is 5.75 Å². The molecule has 7 nitrogen and oxygen atoms in total. The molecule has 1 N–H and O–H groups in total. The fraction of sp³-hybridized carbons (Fsp3) is 0.522. The van der Waals surface area contributed by atoms with Gasteiger partial charge in [0.05, 0.1) is 19.3 Å². The zero-order valence-electron chi connectivity index (χ0n) is 18.3. The smallest absolute Gasteiger partial charge is 0.236 e. The molecule has 0 radical (unpaired) electrons.